The smallest absolute Gasteiger partial charge is 0.338 e. The average molecular weight is 314 g/mol. The van der Waals surface area contributed by atoms with Gasteiger partial charge >= 0.3 is 11.9 Å². The molecule has 2 aromatic carbocycles. The molecule has 120 valence electrons. The normalized spacial score (nSPS) is 11.2. The van der Waals surface area contributed by atoms with Gasteiger partial charge in [-0.05, 0) is 23.3 Å². The predicted octanol–water partition coefficient (Wildman–Crippen LogP) is 2.57. The Hall–Kier alpha value is -3.02. The molecule has 0 aliphatic carbocycles. The Balaban J connectivity index is 2.80. The molecule has 0 aliphatic rings. The third-order valence-corrected chi connectivity index (χ3v) is 3.97. The number of benzene rings is 2. The predicted molar refractivity (Wildman–Crippen MR) is 87.8 cm³/mol. The number of hydrogen-bond donors (Lipinski definition) is 4. The van der Waals surface area contributed by atoms with Crippen LogP contribution < -0.4 is 11.5 Å². The minimum absolute atomic E-state index is 0.0312. The van der Waals surface area contributed by atoms with Crippen molar-refractivity contribution in [1.82, 2.24) is 0 Å². The highest BCUT2D eigenvalue weighted by Crippen LogP contribution is 2.38. The van der Waals surface area contributed by atoms with E-state index in [1.165, 1.54) is 12.1 Å². The number of nitrogens with two attached hydrogens (primary N) is 2. The van der Waals surface area contributed by atoms with Gasteiger partial charge in [-0.15, -0.1) is 0 Å². The molecule has 2 rings (SSSR count). The standard InChI is InChI=1S/C17H18N2O4/c1-17(2,9-5-3-7-11(18)13(9)15(20)21)10-6-4-8-12(19)14(10)16(22)23/h3-8H,18-19H2,1-2H3,(H,20,21)(H,22,23). The average Bonchev–Trinajstić information content (AvgIpc) is 2.45. The maximum atomic E-state index is 11.6. The molecular weight excluding hydrogens is 296 g/mol. The van der Waals surface area contributed by atoms with E-state index in [2.05, 4.69) is 0 Å². The van der Waals surface area contributed by atoms with Gasteiger partial charge in [-0.1, -0.05) is 38.1 Å². The van der Waals surface area contributed by atoms with Crippen molar-refractivity contribution in [2.75, 3.05) is 11.5 Å². The van der Waals surface area contributed by atoms with E-state index in [0.29, 0.717) is 11.1 Å². The number of aromatic carboxylic acids is 2. The summed E-state index contributed by atoms with van der Waals surface area (Å²) in [5.41, 5.74) is 11.7. The fourth-order valence-corrected chi connectivity index (χ4v) is 2.80. The Morgan fingerprint density at radius 3 is 1.48 bits per heavy atom. The Bertz CT molecular complexity index is 732. The van der Waals surface area contributed by atoms with Crippen LogP contribution in [0.5, 0.6) is 0 Å². The van der Waals surface area contributed by atoms with Gasteiger partial charge < -0.3 is 21.7 Å². The second-order valence-corrected chi connectivity index (χ2v) is 5.77. The monoisotopic (exact) mass is 314 g/mol. The van der Waals surface area contributed by atoms with Gasteiger partial charge in [-0.2, -0.15) is 0 Å². The van der Waals surface area contributed by atoms with Crippen molar-refractivity contribution in [3.63, 3.8) is 0 Å². The number of nitrogen functional groups attached to an aromatic ring is 2. The fourth-order valence-electron chi connectivity index (χ4n) is 2.80. The van der Waals surface area contributed by atoms with Crippen molar-refractivity contribution in [3.8, 4) is 0 Å². The zero-order chi connectivity index (χ0) is 17.4. The van der Waals surface area contributed by atoms with Crippen LogP contribution in [0.1, 0.15) is 45.7 Å². The van der Waals surface area contributed by atoms with Crippen LogP contribution in [0.3, 0.4) is 0 Å². The first-order valence-electron chi connectivity index (χ1n) is 6.92. The molecule has 0 bridgehead atoms. The molecule has 0 atom stereocenters. The van der Waals surface area contributed by atoms with E-state index in [1.807, 2.05) is 0 Å². The molecule has 0 unspecified atom stereocenters. The highest BCUT2D eigenvalue weighted by Gasteiger charge is 2.33. The summed E-state index contributed by atoms with van der Waals surface area (Å²) in [6.07, 6.45) is 0. The van der Waals surface area contributed by atoms with Gasteiger partial charge in [0, 0.05) is 16.8 Å². The van der Waals surface area contributed by atoms with Crippen LogP contribution in [0, 0.1) is 0 Å². The summed E-state index contributed by atoms with van der Waals surface area (Å²) in [7, 11) is 0. The summed E-state index contributed by atoms with van der Waals surface area (Å²) >= 11 is 0. The lowest BCUT2D eigenvalue weighted by Gasteiger charge is -2.30. The summed E-state index contributed by atoms with van der Waals surface area (Å²) < 4.78 is 0. The first-order chi connectivity index (χ1) is 10.7. The maximum Gasteiger partial charge on any atom is 0.338 e. The van der Waals surface area contributed by atoms with Crippen molar-refractivity contribution in [2.24, 2.45) is 0 Å². The quantitative estimate of drug-likeness (QED) is 0.642. The number of rotatable bonds is 4. The molecule has 23 heavy (non-hydrogen) atoms. The van der Waals surface area contributed by atoms with Crippen LogP contribution in [0.25, 0.3) is 0 Å². The summed E-state index contributed by atoms with van der Waals surface area (Å²) in [5, 5.41) is 18.9. The number of hydrogen-bond acceptors (Lipinski definition) is 4. The first kappa shape index (κ1) is 16.4. The topological polar surface area (TPSA) is 127 Å². The van der Waals surface area contributed by atoms with Gasteiger partial charge in [0.1, 0.15) is 0 Å². The van der Waals surface area contributed by atoms with E-state index < -0.39 is 17.4 Å². The second kappa shape index (κ2) is 5.64. The van der Waals surface area contributed by atoms with E-state index in [1.54, 1.807) is 38.1 Å². The molecule has 0 saturated carbocycles. The van der Waals surface area contributed by atoms with Gasteiger partial charge in [0.05, 0.1) is 11.1 Å². The lowest BCUT2D eigenvalue weighted by Crippen LogP contribution is -2.26. The van der Waals surface area contributed by atoms with Crippen LogP contribution in [0.15, 0.2) is 36.4 Å². The fraction of sp³-hybridized carbons (Fsp3) is 0.176. The van der Waals surface area contributed by atoms with E-state index in [4.69, 9.17) is 11.5 Å². The summed E-state index contributed by atoms with van der Waals surface area (Å²) in [5.74, 6) is -2.32. The highest BCUT2D eigenvalue weighted by molar-refractivity contribution is 5.98. The van der Waals surface area contributed by atoms with Crippen molar-refractivity contribution in [2.45, 2.75) is 19.3 Å². The number of carboxylic acid groups (broad SMARTS) is 2. The van der Waals surface area contributed by atoms with Gasteiger partial charge in [0.2, 0.25) is 0 Å². The Labute approximate surface area is 133 Å². The zero-order valence-electron chi connectivity index (χ0n) is 12.8. The molecule has 0 spiro atoms. The number of anilines is 2. The van der Waals surface area contributed by atoms with Crippen LogP contribution >= 0.6 is 0 Å². The van der Waals surface area contributed by atoms with Crippen LogP contribution in [-0.2, 0) is 5.41 Å². The molecule has 6 heteroatoms. The van der Waals surface area contributed by atoms with E-state index >= 15 is 0 Å². The third-order valence-electron chi connectivity index (χ3n) is 3.97. The second-order valence-electron chi connectivity index (χ2n) is 5.77. The summed E-state index contributed by atoms with van der Waals surface area (Å²) in [4.78, 5) is 23.2. The van der Waals surface area contributed by atoms with Crippen LogP contribution in [-0.4, -0.2) is 22.2 Å². The molecule has 6 nitrogen and oxygen atoms in total. The lowest BCUT2D eigenvalue weighted by molar-refractivity contribution is 0.0687. The van der Waals surface area contributed by atoms with Crippen LogP contribution in [0.2, 0.25) is 0 Å². The van der Waals surface area contributed by atoms with E-state index in [9.17, 15) is 19.8 Å². The van der Waals surface area contributed by atoms with Crippen molar-refractivity contribution in [1.29, 1.82) is 0 Å². The minimum atomic E-state index is -1.16. The van der Waals surface area contributed by atoms with Gasteiger partial charge in [-0.25, -0.2) is 9.59 Å². The summed E-state index contributed by atoms with van der Waals surface area (Å²) in [6, 6.07) is 9.56. The van der Waals surface area contributed by atoms with Gasteiger partial charge in [0.25, 0.3) is 0 Å². The van der Waals surface area contributed by atoms with E-state index in [-0.39, 0.29) is 22.5 Å². The largest absolute Gasteiger partial charge is 0.478 e. The van der Waals surface area contributed by atoms with E-state index in [0.717, 1.165) is 0 Å². The zero-order valence-corrected chi connectivity index (χ0v) is 12.8. The van der Waals surface area contributed by atoms with Crippen molar-refractivity contribution in [3.05, 3.63) is 58.7 Å². The molecule has 2 aromatic rings. The summed E-state index contributed by atoms with van der Waals surface area (Å²) in [6.45, 7) is 3.49. The molecule has 0 radical (unpaired) electrons. The first-order valence-corrected chi connectivity index (χ1v) is 6.92. The molecule has 6 N–H and O–H groups in total. The molecule has 0 saturated heterocycles. The molecule has 0 amide bonds. The number of carbonyl (C=O) groups is 2. The van der Waals surface area contributed by atoms with Crippen molar-refractivity contribution >= 4 is 23.3 Å². The maximum absolute atomic E-state index is 11.6. The van der Waals surface area contributed by atoms with Gasteiger partial charge in [0.15, 0.2) is 0 Å². The van der Waals surface area contributed by atoms with Crippen molar-refractivity contribution < 1.29 is 19.8 Å². The molecule has 0 fully saturated rings. The minimum Gasteiger partial charge on any atom is -0.478 e. The van der Waals surface area contributed by atoms with Crippen LogP contribution in [0.4, 0.5) is 11.4 Å². The molecule has 0 heterocycles. The number of carboxylic acids is 2. The molecule has 0 aromatic heterocycles. The SMILES string of the molecule is CC(C)(c1cccc(N)c1C(=O)O)c1cccc(N)c1C(=O)O. The Kier molecular flexibility index (Phi) is 4.01. The van der Waals surface area contributed by atoms with Gasteiger partial charge in [-0.3, -0.25) is 0 Å². The molecular formula is C17H18N2O4. The lowest BCUT2D eigenvalue weighted by atomic mass is 9.73. The molecule has 0 aliphatic heterocycles. The Morgan fingerprint density at radius 1 is 0.826 bits per heavy atom. The Morgan fingerprint density at radius 2 is 1.17 bits per heavy atom. The highest BCUT2D eigenvalue weighted by atomic mass is 16.4. The third kappa shape index (κ3) is 2.70.